The summed E-state index contributed by atoms with van der Waals surface area (Å²) in [7, 11) is -3.10. The highest BCUT2D eigenvalue weighted by Crippen LogP contribution is 2.67. The normalized spacial score (nSPS) is 27.0. The minimum absolute atomic E-state index is 0.163. The Morgan fingerprint density at radius 3 is 2.45 bits per heavy atom. The third-order valence-corrected chi connectivity index (χ3v) is 7.21. The zero-order chi connectivity index (χ0) is 13.8. The Morgan fingerprint density at radius 2 is 1.90 bits per heavy atom. The van der Waals surface area contributed by atoms with Gasteiger partial charge in [-0.05, 0) is 42.6 Å². The van der Waals surface area contributed by atoms with Crippen LogP contribution in [0.5, 0.6) is 0 Å². The van der Waals surface area contributed by atoms with Crippen molar-refractivity contribution in [3.63, 3.8) is 0 Å². The molecule has 110 valence electrons. The molecule has 0 atom stereocenters. The molecule has 1 aromatic heterocycles. The minimum Gasteiger partial charge on any atom is -0.272 e. The van der Waals surface area contributed by atoms with Crippen LogP contribution in [-0.2, 0) is 16.6 Å². The van der Waals surface area contributed by atoms with Crippen molar-refractivity contribution in [2.24, 2.45) is 10.8 Å². The third kappa shape index (κ3) is 1.92. The van der Waals surface area contributed by atoms with E-state index in [1.807, 2.05) is 6.07 Å². The highest BCUT2D eigenvalue weighted by Gasteiger charge is 2.62. The van der Waals surface area contributed by atoms with E-state index in [0.717, 1.165) is 13.1 Å². The molecule has 2 aliphatic carbocycles. The fraction of sp³-hybridized carbons (Fsp3) is 0.786. The highest BCUT2D eigenvalue weighted by molar-refractivity contribution is 7.89. The molecule has 1 aromatic rings. The van der Waals surface area contributed by atoms with Gasteiger partial charge in [-0.2, -0.15) is 5.10 Å². The van der Waals surface area contributed by atoms with Gasteiger partial charge >= 0.3 is 0 Å². The lowest BCUT2D eigenvalue weighted by atomic mass is 9.43. The van der Waals surface area contributed by atoms with Crippen LogP contribution in [-0.4, -0.2) is 41.3 Å². The molecule has 0 bridgehead atoms. The third-order valence-electron chi connectivity index (χ3n) is 5.47. The van der Waals surface area contributed by atoms with Crippen LogP contribution in [0.4, 0.5) is 0 Å². The molecule has 0 N–H and O–H groups in total. The van der Waals surface area contributed by atoms with E-state index in [1.165, 1.54) is 32.1 Å². The Morgan fingerprint density at radius 1 is 1.15 bits per heavy atom. The SMILES string of the molecule is O=S(=O)(CCn1cccn1)N1CC2(C1)CC1(CCC1)C2. The molecular weight excluding hydrogens is 274 g/mol. The number of aromatic nitrogens is 2. The largest absolute Gasteiger partial charge is 0.272 e. The van der Waals surface area contributed by atoms with Crippen LogP contribution < -0.4 is 0 Å². The van der Waals surface area contributed by atoms with Gasteiger partial charge < -0.3 is 0 Å². The fourth-order valence-corrected chi connectivity index (χ4v) is 6.08. The first kappa shape index (κ1) is 12.8. The summed E-state index contributed by atoms with van der Waals surface area (Å²) in [5, 5.41) is 4.05. The van der Waals surface area contributed by atoms with Gasteiger partial charge in [-0.1, -0.05) is 6.42 Å². The maximum atomic E-state index is 12.3. The predicted molar refractivity (Wildman–Crippen MR) is 75.5 cm³/mol. The van der Waals surface area contributed by atoms with Gasteiger partial charge in [-0.3, -0.25) is 4.68 Å². The smallest absolute Gasteiger partial charge is 0.215 e. The van der Waals surface area contributed by atoms with Gasteiger partial charge in [0.1, 0.15) is 0 Å². The lowest BCUT2D eigenvalue weighted by Crippen LogP contribution is -2.68. The molecule has 1 saturated heterocycles. The summed E-state index contributed by atoms with van der Waals surface area (Å²) in [6.07, 6.45) is 10.1. The van der Waals surface area contributed by atoms with Crippen LogP contribution in [0, 0.1) is 10.8 Å². The molecule has 0 radical (unpaired) electrons. The number of nitrogens with zero attached hydrogens (tertiary/aromatic N) is 3. The Balaban J connectivity index is 1.31. The van der Waals surface area contributed by atoms with E-state index in [1.54, 1.807) is 21.4 Å². The number of rotatable bonds is 4. The molecule has 0 amide bonds. The first-order valence-corrected chi connectivity index (χ1v) is 9.07. The number of hydrogen-bond donors (Lipinski definition) is 0. The second kappa shape index (κ2) is 4.07. The van der Waals surface area contributed by atoms with E-state index in [0.29, 0.717) is 17.4 Å². The first-order valence-electron chi connectivity index (χ1n) is 7.46. The molecule has 3 fully saturated rings. The topological polar surface area (TPSA) is 55.2 Å². The van der Waals surface area contributed by atoms with Gasteiger partial charge in [0.2, 0.25) is 10.0 Å². The quantitative estimate of drug-likeness (QED) is 0.845. The zero-order valence-corrected chi connectivity index (χ0v) is 12.5. The Kier molecular flexibility index (Phi) is 2.61. The van der Waals surface area contributed by atoms with Crippen molar-refractivity contribution in [1.82, 2.24) is 14.1 Å². The lowest BCUT2D eigenvalue weighted by Gasteiger charge is -2.67. The predicted octanol–water partition coefficient (Wildman–Crippen LogP) is 1.48. The standard InChI is InChI=1S/C14H21N3O2S/c18-20(19,8-7-16-6-2-5-15-16)17-11-14(12-17)9-13(10-14)3-1-4-13/h2,5-6H,1,3-4,7-12H2. The molecule has 2 saturated carbocycles. The maximum Gasteiger partial charge on any atom is 0.215 e. The molecule has 4 rings (SSSR count). The molecule has 6 heteroatoms. The average Bonchev–Trinajstić information content (AvgIpc) is 2.73. The van der Waals surface area contributed by atoms with Crippen molar-refractivity contribution in [2.75, 3.05) is 18.8 Å². The molecule has 0 unspecified atom stereocenters. The number of hydrogen-bond acceptors (Lipinski definition) is 3. The molecule has 20 heavy (non-hydrogen) atoms. The zero-order valence-electron chi connectivity index (χ0n) is 11.7. The van der Waals surface area contributed by atoms with Crippen LogP contribution in [0.25, 0.3) is 0 Å². The van der Waals surface area contributed by atoms with Gasteiger partial charge in [-0.15, -0.1) is 0 Å². The van der Waals surface area contributed by atoms with Crippen LogP contribution in [0.15, 0.2) is 18.5 Å². The van der Waals surface area contributed by atoms with E-state index >= 15 is 0 Å². The van der Waals surface area contributed by atoms with Crippen molar-refractivity contribution in [1.29, 1.82) is 0 Å². The first-order chi connectivity index (χ1) is 9.51. The number of aryl methyl sites for hydroxylation is 1. The Bertz CT molecular complexity index is 588. The Hall–Kier alpha value is -0.880. The molecule has 5 nitrogen and oxygen atoms in total. The minimum atomic E-state index is -3.10. The van der Waals surface area contributed by atoms with Gasteiger partial charge in [0.15, 0.2) is 0 Å². The summed E-state index contributed by atoms with van der Waals surface area (Å²) < 4.78 is 27.9. The summed E-state index contributed by atoms with van der Waals surface area (Å²) in [6, 6.07) is 1.82. The number of sulfonamides is 1. The summed E-state index contributed by atoms with van der Waals surface area (Å²) in [4.78, 5) is 0. The molecule has 2 heterocycles. The van der Waals surface area contributed by atoms with Crippen molar-refractivity contribution in [2.45, 2.75) is 38.6 Å². The van der Waals surface area contributed by atoms with Crippen molar-refractivity contribution in [3.05, 3.63) is 18.5 Å². The van der Waals surface area contributed by atoms with Gasteiger partial charge in [0.05, 0.1) is 12.3 Å². The molecule has 1 aliphatic heterocycles. The van der Waals surface area contributed by atoms with E-state index in [4.69, 9.17) is 0 Å². The van der Waals surface area contributed by atoms with Crippen LogP contribution in [0.2, 0.25) is 0 Å². The van der Waals surface area contributed by atoms with Crippen molar-refractivity contribution < 1.29 is 8.42 Å². The van der Waals surface area contributed by atoms with Crippen molar-refractivity contribution >= 4 is 10.0 Å². The van der Waals surface area contributed by atoms with Crippen LogP contribution >= 0.6 is 0 Å². The summed E-state index contributed by atoms with van der Waals surface area (Å²) in [5.74, 6) is 0.163. The molecule has 2 spiro atoms. The summed E-state index contributed by atoms with van der Waals surface area (Å²) >= 11 is 0. The average molecular weight is 295 g/mol. The molecule has 0 aromatic carbocycles. The van der Waals surface area contributed by atoms with Crippen LogP contribution in [0.3, 0.4) is 0 Å². The van der Waals surface area contributed by atoms with E-state index < -0.39 is 10.0 Å². The summed E-state index contributed by atoms with van der Waals surface area (Å²) in [5.41, 5.74) is 0.976. The lowest BCUT2D eigenvalue weighted by molar-refractivity contribution is -0.151. The summed E-state index contributed by atoms with van der Waals surface area (Å²) in [6.45, 7) is 1.97. The fourth-order valence-electron chi connectivity index (χ4n) is 4.46. The van der Waals surface area contributed by atoms with E-state index in [-0.39, 0.29) is 5.75 Å². The van der Waals surface area contributed by atoms with Crippen LogP contribution in [0.1, 0.15) is 32.1 Å². The van der Waals surface area contributed by atoms with E-state index in [2.05, 4.69) is 5.10 Å². The second-order valence-electron chi connectivity index (χ2n) is 7.06. The van der Waals surface area contributed by atoms with Gasteiger partial charge in [0.25, 0.3) is 0 Å². The monoisotopic (exact) mass is 295 g/mol. The highest BCUT2D eigenvalue weighted by atomic mass is 32.2. The van der Waals surface area contributed by atoms with E-state index in [9.17, 15) is 8.42 Å². The van der Waals surface area contributed by atoms with Crippen molar-refractivity contribution in [3.8, 4) is 0 Å². The second-order valence-corrected chi connectivity index (χ2v) is 9.15. The molecule has 3 aliphatic rings. The Labute approximate surface area is 120 Å². The van der Waals surface area contributed by atoms with Gasteiger partial charge in [-0.25, -0.2) is 12.7 Å². The molecular formula is C14H21N3O2S. The van der Waals surface area contributed by atoms with Gasteiger partial charge in [0, 0.05) is 25.5 Å². The maximum absolute atomic E-state index is 12.3.